The number of carboxylic acids is 1. The third-order valence-electron chi connectivity index (χ3n) is 6.03. The monoisotopic (exact) mass is 637 g/mol. The molecular formula is C32H59N7O6. The number of ether oxygens (including phenoxy) is 1. The van der Waals surface area contributed by atoms with Crippen LogP contribution in [0.5, 0.6) is 5.75 Å². The average molecular weight is 638 g/mol. The van der Waals surface area contributed by atoms with Crippen molar-refractivity contribution in [1.29, 1.82) is 0 Å². The summed E-state index contributed by atoms with van der Waals surface area (Å²) < 4.78 is 5.31. The van der Waals surface area contributed by atoms with Crippen molar-refractivity contribution in [1.82, 2.24) is 20.4 Å². The van der Waals surface area contributed by atoms with Gasteiger partial charge in [0.15, 0.2) is 5.96 Å². The second kappa shape index (κ2) is 24.5. The zero-order chi connectivity index (χ0) is 35.0. The molecule has 1 aromatic rings. The van der Waals surface area contributed by atoms with Gasteiger partial charge in [0.25, 0.3) is 0 Å². The summed E-state index contributed by atoms with van der Waals surface area (Å²) in [6.07, 6.45) is 1.98. The van der Waals surface area contributed by atoms with Gasteiger partial charge in [-0.05, 0) is 56.8 Å². The maximum Gasteiger partial charge on any atom is 0.414 e. The highest BCUT2D eigenvalue weighted by Gasteiger charge is 2.27. The summed E-state index contributed by atoms with van der Waals surface area (Å²) in [5.41, 5.74) is 10.0. The zero-order valence-electron chi connectivity index (χ0n) is 28.9. The predicted molar refractivity (Wildman–Crippen MR) is 180 cm³/mol. The first-order valence-corrected chi connectivity index (χ1v) is 15.5. The number of carboxylic acid groups (broad SMARTS) is 1. The molecule has 13 heteroatoms. The van der Waals surface area contributed by atoms with Crippen LogP contribution in [-0.2, 0) is 14.4 Å². The molecule has 45 heavy (non-hydrogen) atoms. The van der Waals surface area contributed by atoms with Gasteiger partial charge in [0, 0.05) is 33.2 Å². The Labute approximate surface area is 270 Å². The summed E-state index contributed by atoms with van der Waals surface area (Å²) in [5.74, 6) is -1.37. The first-order chi connectivity index (χ1) is 21.1. The normalized spacial score (nSPS) is 11.8. The van der Waals surface area contributed by atoms with Crippen molar-refractivity contribution in [3.8, 4) is 5.75 Å². The fourth-order valence-electron chi connectivity index (χ4n) is 4.24. The van der Waals surface area contributed by atoms with Gasteiger partial charge in [0.1, 0.15) is 18.2 Å². The number of aliphatic carboxylic acids is 1. The predicted octanol–water partition coefficient (Wildman–Crippen LogP) is 3.28. The van der Waals surface area contributed by atoms with Crippen LogP contribution >= 0.6 is 0 Å². The highest BCUT2D eigenvalue weighted by atomic mass is 16.6. The molecular weight excluding hydrogens is 578 g/mol. The molecule has 2 atom stereocenters. The van der Waals surface area contributed by atoms with Crippen molar-refractivity contribution < 1.29 is 29.0 Å². The van der Waals surface area contributed by atoms with Gasteiger partial charge in [-0.15, -0.1) is 0 Å². The Morgan fingerprint density at radius 2 is 1.64 bits per heavy atom. The number of amides is 3. The molecule has 13 nitrogen and oxygen atoms in total. The molecule has 0 aromatic heterocycles. The first-order valence-electron chi connectivity index (χ1n) is 15.5. The lowest BCUT2D eigenvalue weighted by Gasteiger charge is -2.30. The molecule has 7 N–H and O–H groups in total. The van der Waals surface area contributed by atoms with E-state index in [1.165, 1.54) is 24.3 Å². The quantitative estimate of drug-likeness (QED) is 0.0738. The van der Waals surface area contributed by atoms with Crippen LogP contribution < -0.4 is 26.8 Å². The lowest BCUT2D eigenvalue weighted by atomic mass is 9.92. The third kappa shape index (κ3) is 24.2. The topological polar surface area (TPSA) is 193 Å². The van der Waals surface area contributed by atoms with E-state index in [4.69, 9.17) is 21.3 Å². The molecule has 0 spiro atoms. The second-order valence-electron chi connectivity index (χ2n) is 11.7. The molecule has 0 aliphatic rings. The van der Waals surface area contributed by atoms with Crippen LogP contribution in [0, 0.1) is 11.3 Å². The van der Waals surface area contributed by atoms with E-state index >= 15 is 0 Å². The van der Waals surface area contributed by atoms with Gasteiger partial charge < -0.3 is 41.7 Å². The summed E-state index contributed by atoms with van der Waals surface area (Å²) in [5, 5.41) is 14.0. The van der Waals surface area contributed by atoms with Gasteiger partial charge in [-0.1, -0.05) is 66.2 Å². The number of hydrogen-bond donors (Lipinski definition) is 5. The van der Waals surface area contributed by atoms with Gasteiger partial charge in [-0.25, -0.2) is 4.79 Å². The largest absolute Gasteiger partial charge is 0.481 e. The Morgan fingerprint density at radius 3 is 2.16 bits per heavy atom. The molecule has 258 valence electrons. The fraction of sp³-hybridized carbons (Fsp3) is 0.656. The number of aliphatic imine (C=N–C) groups is 1. The minimum Gasteiger partial charge on any atom is -0.481 e. The Kier molecular flexibility index (Phi) is 23.5. The molecule has 0 bridgehead atoms. The third-order valence-corrected chi connectivity index (χ3v) is 6.03. The molecule has 3 amide bonds. The van der Waals surface area contributed by atoms with Crippen molar-refractivity contribution >= 4 is 29.8 Å². The Balaban J connectivity index is 0. The fourth-order valence-corrected chi connectivity index (χ4v) is 4.24. The van der Waals surface area contributed by atoms with Crippen LogP contribution in [0.4, 0.5) is 4.79 Å². The Morgan fingerprint density at radius 1 is 1.04 bits per heavy atom. The molecule has 0 radical (unpaired) electrons. The summed E-state index contributed by atoms with van der Waals surface area (Å²) >= 11 is 0. The van der Waals surface area contributed by atoms with E-state index in [2.05, 4.69) is 48.5 Å². The van der Waals surface area contributed by atoms with Gasteiger partial charge in [0.05, 0.1) is 0 Å². The maximum atomic E-state index is 12.7. The van der Waals surface area contributed by atoms with Gasteiger partial charge in [-0.3, -0.25) is 19.4 Å². The summed E-state index contributed by atoms with van der Waals surface area (Å²) in [7, 11) is 5.85. The van der Waals surface area contributed by atoms with Crippen molar-refractivity contribution in [3.63, 3.8) is 0 Å². The van der Waals surface area contributed by atoms with E-state index in [1.54, 1.807) is 31.3 Å². The van der Waals surface area contributed by atoms with Gasteiger partial charge in [-0.2, -0.15) is 0 Å². The number of para-hydroxylation sites is 1. The van der Waals surface area contributed by atoms with Crippen LogP contribution in [0.1, 0.15) is 73.6 Å². The average Bonchev–Trinajstić information content (AvgIpc) is 2.94. The van der Waals surface area contributed by atoms with Gasteiger partial charge in [0.2, 0.25) is 11.8 Å². The number of hydrogen-bond acceptors (Lipinski definition) is 7. The molecule has 2 unspecified atom stereocenters. The summed E-state index contributed by atoms with van der Waals surface area (Å²) in [4.78, 5) is 55.2. The minimum atomic E-state index is -1.30. The Hall–Kier alpha value is -3.87. The maximum absolute atomic E-state index is 12.7. The lowest BCUT2D eigenvalue weighted by Crippen LogP contribution is -2.50. The van der Waals surface area contributed by atoms with Crippen molar-refractivity contribution in [2.75, 3.05) is 47.3 Å². The zero-order valence-corrected chi connectivity index (χ0v) is 28.9. The van der Waals surface area contributed by atoms with Crippen LogP contribution in [0.3, 0.4) is 0 Å². The highest BCUT2D eigenvalue weighted by molar-refractivity contribution is 5.96. The number of nitrogens with two attached hydrogens (primary N) is 2. The lowest BCUT2D eigenvalue weighted by molar-refractivity contribution is -0.141. The van der Waals surface area contributed by atoms with E-state index < -0.39 is 41.8 Å². The van der Waals surface area contributed by atoms with E-state index in [-0.39, 0.29) is 32.0 Å². The molecule has 0 saturated carbocycles. The number of carbonyl (C=O) groups excluding carboxylic acids is 3. The molecule has 0 aliphatic carbocycles. The van der Waals surface area contributed by atoms with Crippen LogP contribution in [-0.4, -0.2) is 98.1 Å². The van der Waals surface area contributed by atoms with Crippen LogP contribution in [0.2, 0.25) is 0 Å². The van der Waals surface area contributed by atoms with Crippen LogP contribution in [0.25, 0.3) is 0 Å². The van der Waals surface area contributed by atoms with E-state index in [1.807, 2.05) is 33.8 Å². The highest BCUT2D eigenvalue weighted by Crippen LogP contribution is 2.17. The van der Waals surface area contributed by atoms with E-state index in [0.29, 0.717) is 12.2 Å². The number of rotatable bonds is 17. The number of guanidine groups is 1. The number of benzene rings is 1. The van der Waals surface area contributed by atoms with Gasteiger partial charge >= 0.3 is 12.1 Å². The van der Waals surface area contributed by atoms with Crippen molar-refractivity contribution in [3.05, 3.63) is 30.3 Å². The standard InChI is InChI=1S/C22H34N6O6.C8H19N.C2H6/c1-22(2,14-28(3)21(33)34-15-8-5-4-6-9-15)13-26-19(32)16(10-7-11-25-20(23)24)27-17(29)12-18(30)31;1-5-6-8(2)7-9(3)4;1-2/h4-6,8-9,16H,7,10-14H2,1-3H3,(H,26,32)(H,27,29)(H,30,31)(H4,23,24,25);8H,5-7H2,1-4H3;1-2H3. The molecule has 0 heterocycles. The van der Waals surface area contributed by atoms with E-state index in [0.717, 1.165) is 5.92 Å². The molecule has 0 saturated heterocycles. The van der Waals surface area contributed by atoms with Crippen LogP contribution in [0.15, 0.2) is 35.3 Å². The second-order valence-corrected chi connectivity index (χ2v) is 11.7. The molecule has 1 rings (SSSR count). The molecule has 0 aliphatic heterocycles. The first kappa shape index (κ1) is 43.3. The SMILES string of the molecule is CC.CCCC(C)CN(C)C.CN(CC(C)(C)CNC(=O)C(CCCN=C(N)N)NC(=O)CC(=O)O)C(=O)Oc1ccccc1. The number of nitrogens with one attached hydrogen (secondary N) is 2. The van der Waals surface area contributed by atoms with Crippen molar-refractivity contribution in [2.24, 2.45) is 27.8 Å². The Bertz CT molecular complexity index is 1010. The summed E-state index contributed by atoms with van der Waals surface area (Å²) in [6.45, 7) is 14.2. The van der Waals surface area contributed by atoms with Crippen molar-refractivity contribution in [2.45, 2.75) is 79.7 Å². The number of nitrogens with zero attached hydrogens (tertiary/aromatic N) is 3. The molecule has 1 aromatic carbocycles. The summed E-state index contributed by atoms with van der Waals surface area (Å²) in [6, 6.07) is 7.70. The smallest absolute Gasteiger partial charge is 0.414 e. The van der Waals surface area contributed by atoms with E-state index in [9.17, 15) is 19.2 Å². The number of carbonyl (C=O) groups is 4. The molecule has 0 fully saturated rings. The minimum absolute atomic E-state index is 0.0902.